The van der Waals surface area contributed by atoms with Crippen molar-refractivity contribution < 1.29 is 4.42 Å². The van der Waals surface area contributed by atoms with Crippen LogP contribution in [0.3, 0.4) is 0 Å². The lowest BCUT2D eigenvalue weighted by Gasteiger charge is -2.02. The molecule has 110 valence electrons. The number of oxazole rings is 1. The van der Waals surface area contributed by atoms with Gasteiger partial charge < -0.3 is 4.42 Å². The molecule has 0 aliphatic carbocycles. The van der Waals surface area contributed by atoms with Crippen LogP contribution in [-0.4, -0.2) is 4.98 Å². The van der Waals surface area contributed by atoms with E-state index in [9.17, 15) is 0 Å². The van der Waals surface area contributed by atoms with Gasteiger partial charge in [-0.1, -0.05) is 73.3 Å². The minimum absolute atomic E-state index is 0.621. The van der Waals surface area contributed by atoms with Crippen LogP contribution in [0.4, 0.5) is 0 Å². The van der Waals surface area contributed by atoms with Crippen LogP contribution in [0, 0.1) is 0 Å². The summed E-state index contributed by atoms with van der Waals surface area (Å²) in [5.74, 6) is 1.37. The number of fused-ring (bicyclic) bond motifs is 1. The molecule has 0 atom stereocenters. The van der Waals surface area contributed by atoms with Gasteiger partial charge in [-0.05, 0) is 22.9 Å². The Balaban J connectivity index is 1.93. The van der Waals surface area contributed by atoms with Crippen molar-refractivity contribution in [1.29, 1.82) is 0 Å². The molecule has 0 aliphatic heterocycles. The zero-order valence-corrected chi connectivity index (χ0v) is 12.6. The molecule has 4 rings (SSSR count). The van der Waals surface area contributed by atoms with Gasteiger partial charge in [0.2, 0.25) is 5.89 Å². The fourth-order valence-electron chi connectivity index (χ4n) is 2.79. The highest BCUT2D eigenvalue weighted by Crippen LogP contribution is 2.33. The third-order valence-corrected chi connectivity index (χ3v) is 3.90. The predicted octanol–water partition coefficient (Wildman–Crippen LogP) is 5.80. The molecule has 3 aromatic carbocycles. The lowest BCUT2D eigenvalue weighted by Crippen LogP contribution is -1.81. The van der Waals surface area contributed by atoms with Crippen molar-refractivity contribution in [2.45, 2.75) is 0 Å². The summed E-state index contributed by atoms with van der Waals surface area (Å²) in [4.78, 5) is 4.64. The Kier molecular flexibility index (Phi) is 3.28. The summed E-state index contributed by atoms with van der Waals surface area (Å²) in [7, 11) is 0. The highest BCUT2D eigenvalue weighted by atomic mass is 16.4. The molecule has 1 aromatic heterocycles. The van der Waals surface area contributed by atoms with Crippen LogP contribution in [0.1, 0.15) is 5.69 Å². The van der Waals surface area contributed by atoms with Gasteiger partial charge in [-0.2, -0.15) is 0 Å². The summed E-state index contributed by atoms with van der Waals surface area (Å²) >= 11 is 0. The van der Waals surface area contributed by atoms with Crippen molar-refractivity contribution in [2.75, 3.05) is 0 Å². The first kappa shape index (κ1) is 13.5. The van der Waals surface area contributed by atoms with E-state index in [1.165, 1.54) is 5.39 Å². The van der Waals surface area contributed by atoms with E-state index in [0.29, 0.717) is 5.89 Å². The third kappa shape index (κ3) is 2.34. The van der Waals surface area contributed by atoms with E-state index in [2.05, 4.69) is 29.8 Å². The van der Waals surface area contributed by atoms with Crippen LogP contribution in [0.25, 0.3) is 39.6 Å². The fourth-order valence-corrected chi connectivity index (χ4v) is 2.79. The minimum atomic E-state index is 0.621. The molecule has 0 saturated heterocycles. The number of benzene rings is 3. The Bertz CT molecular complexity index is 978. The Labute approximate surface area is 134 Å². The Morgan fingerprint density at radius 1 is 0.826 bits per heavy atom. The number of nitrogens with zero attached hydrogens (tertiary/aromatic N) is 1. The normalized spacial score (nSPS) is 10.8. The number of aromatic nitrogens is 1. The van der Waals surface area contributed by atoms with Gasteiger partial charge in [0.15, 0.2) is 5.76 Å². The Morgan fingerprint density at radius 2 is 1.57 bits per heavy atom. The van der Waals surface area contributed by atoms with E-state index < -0.39 is 0 Å². The molecule has 0 unspecified atom stereocenters. The van der Waals surface area contributed by atoms with Crippen molar-refractivity contribution in [3.8, 4) is 22.8 Å². The van der Waals surface area contributed by atoms with Crippen molar-refractivity contribution in [2.24, 2.45) is 0 Å². The molecule has 0 amide bonds. The maximum Gasteiger partial charge on any atom is 0.227 e. The fraction of sp³-hybridized carbons (Fsp3) is 0. The molecule has 0 aliphatic rings. The maximum atomic E-state index is 6.10. The van der Waals surface area contributed by atoms with Gasteiger partial charge in [0.25, 0.3) is 0 Å². The zero-order valence-electron chi connectivity index (χ0n) is 12.6. The van der Waals surface area contributed by atoms with E-state index in [1.807, 2.05) is 54.6 Å². The predicted molar refractivity (Wildman–Crippen MR) is 95.0 cm³/mol. The third-order valence-electron chi connectivity index (χ3n) is 3.90. The van der Waals surface area contributed by atoms with Crippen molar-refractivity contribution in [3.05, 3.63) is 85.1 Å². The molecule has 0 bridgehead atoms. The smallest absolute Gasteiger partial charge is 0.227 e. The standard InChI is InChI=1S/C21H15NO/c1-2-19-20(16-10-4-3-5-11-16)23-21(22-19)18-14-8-12-15-9-6-7-13-17(15)18/h2-14H,1H2. The first-order valence-corrected chi connectivity index (χ1v) is 7.53. The minimum Gasteiger partial charge on any atom is -0.435 e. The van der Waals surface area contributed by atoms with Gasteiger partial charge in [0.1, 0.15) is 5.69 Å². The van der Waals surface area contributed by atoms with Crippen LogP contribution >= 0.6 is 0 Å². The van der Waals surface area contributed by atoms with Gasteiger partial charge in [-0.25, -0.2) is 4.98 Å². The van der Waals surface area contributed by atoms with Gasteiger partial charge >= 0.3 is 0 Å². The molecular weight excluding hydrogens is 282 g/mol. The van der Waals surface area contributed by atoms with Gasteiger partial charge in [-0.15, -0.1) is 0 Å². The molecule has 2 nitrogen and oxygen atoms in total. The van der Waals surface area contributed by atoms with E-state index >= 15 is 0 Å². The van der Waals surface area contributed by atoms with Gasteiger partial charge in [-0.3, -0.25) is 0 Å². The molecule has 1 heterocycles. The largest absolute Gasteiger partial charge is 0.435 e. The van der Waals surface area contributed by atoms with Crippen LogP contribution in [0.2, 0.25) is 0 Å². The molecule has 23 heavy (non-hydrogen) atoms. The van der Waals surface area contributed by atoms with Gasteiger partial charge in [0.05, 0.1) is 0 Å². The SMILES string of the molecule is C=Cc1nc(-c2cccc3ccccc23)oc1-c1ccccc1. The van der Waals surface area contributed by atoms with Gasteiger partial charge in [0, 0.05) is 11.1 Å². The van der Waals surface area contributed by atoms with Crippen molar-refractivity contribution >= 4 is 16.8 Å². The molecule has 0 radical (unpaired) electrons. The molecular formula is C21H15NO. The zero-order chi connectivity index (χ0) is 15.6. The second kappa shape index (κ2) is 5.58. The molecule has 4 aromatic rings. The van der Waals surface area contributed by atoms with E-state index in [-0.39, 0.29) is 0 Å². The average molecular weight is 297 g/mol. The number of rotatable bonds is 3. The quantitative estimate of drug-likeness (QED) is 0.477. The second-order valence-corrected chi connectivity index (χ2v) is 5.33. The number of hydrogen-bond donors (Lipinski definition) is 0. The summed E-state index contributed by atoms with van der Waals surface area (Å²) in [5, 5.41) is 2.30. The van der Waals surface area contributed by atoms with Crippen LogP contribution in [0.15, 0.2) is 83.8 Å². The van der Waals surface area contributed by atoms with E-state index in [0.717, 1.165) is 28.0 Å². The topological polar surface area (TPSA) is 26.0 Å². The highest BCUT2D eigenvalue weighted by Gasteiger charge is 2.15. The lowest BCUT2D eigenvalue weighted by molar-refractivity contribution is 0.589. The highest BCUT2D eigenvalue weighted by molar-refractivity contribution is 5.95. The molecule has 0 spiro atoms. The number of hydrogen-bond acceptors (Lipinski definition) is 2. The van der Waals surface area contributed by atoms with Crippen LogP contribution < -0.4 is 0 Å². The molecule has 0 saturated carbocycles. The summed E-state index contributed by atoms with van der Waals surface area (Å²) in [6, 6.07) is 24.4. The monoisotopic (exact) mass is 297 g/mol. The molecule has 2 heteroatoms. The first-order valence-electron chi connectivity index (χ1n) is 7.53. The summed E-state index contributed by atoms with van der Waals surface area (Å²) in [5.41, 5.74) is 2.76. The lowest BCUT2D eigenvalue weighted by atomic mass is 10.0. The van der Waals surface area contributed by atoms with Crippen molar-refractivity contribution in [3.63, 3.8) is 0 Å². The van der Waals surface area contributed by atoms with E-state index in [1.54, 1.807) is 6.08 Å². The summed E-state index contributed by atoms with van der Waals surface area (Å²) in [6.45, 7) is 3.86. The van der Waals surface area contributed by atoms with Crippen LogP contribution in [0.5, 0.6) is 0 Å². The second-order valence-electron chi connectivity index (χ2n) is 5.33. The Morgan fingerprint density at radius 3 is 2.39 bits per heavy atom. The molecule has 0 N–H and O–H groups in total. The molecule has 0 fully saturated rings. The van der Waals surface area contributed by atoms with Crippen LogP contribution in [-0.2, 0) is 0 Å². The first-order chi connectivity index (χ1) is 11.4. The maximum absolute atomic E-state index is 6.10. The summed E-state index contributed by atoms with van der Waals surface area (Å²) in [6.07, 6.45) is 1.74. The Hall–Kier alpha value is -3.13. The van der Waals surface area contributed by atoms with Crippen molar-refractivity contribution in [1.82, 2.24) is 4.98 Å². The van der Waals surface area contributed by atoms with E-state index in [4.69, 9.17) is 4.42 Å². The summed E-state index contributed by atoms with van der Waals surface area (Å²) < 4.78 is 6.10. The average Bonchev–Trinajstić information content (AvgIpc) is 3.06.